The van der Waals surface area contributed by atoms with Crippen molar-refractivity contribution in [1.82, 2.24) is 9.97 Å². The Balaban J connectivity index is 1.77. The zero-order valence-corrected chi connectivity index (χ0v) is 15.6. The molecule has 0 aliphatic rings. The van der Waals surface area contributed by atoms with Crippen molar-refractivity contribution in [3.05, 3.63) is 107 Å². The summed E-state index contributed by atoms with van der Waals surface area (Å²) in [5, 5.41) is 2.53. The number of H-pyrrole nitrogens is 2. The number of benzene rings is 3. The molecule has 2 heteroatoms. The zero-order chi connectivity index (χ0) is 18.4. The summed E-state index contributed by atoms with van der Waals surface area (Å²) in [4.78, 5) is 7.15. The van der Waals surface area contributed by atoms with E-state index in [0.717, 1.165) is 0 Å². The molecule has 2 N–H and O–H groups in total. The second-order valence-corrected chi connectivity index (χ2v) is 7.45. The van der Waals surface area contributed by atoms with Crippen LogP contribution in [0.2, 0.25) is 0 Å². The number of fused-ring (bicyclic) bond motifs is 2. The lowest BCUT2D eigenvalue weighted by atomic mass is 9.87. The molecule has 0 amide bonds. The quantitative estimate of drug-likeness (QED) is 0.375. The Morgan fingerprint density at radius 1 is 0.741 bits per heavy atom. The molecule has 2 aromatic heterocycles. The third-order valence-electron chi connectivity index (χ3n) is 5.42. The Morgan fingerprint density at radius 3 is 2.44 bits per heavy atom. The molecule has 1 unspecified atom stereocenters. The molecule has 0 spiro atoms. The minimum absolute atomic E-state index is 0.161. The van der Waals surface area contributed by atoms with Gasteiger partial charge in [-0.1, -0.05) is 60.2 Å². The number of aryl methyl sites for hydroxylation is 2. The highest BCUT2D eigenvalue weighted by Crippen LogP contribution is 2.37. The maximum Gasteiger partial charge on any atom is 0.0512 e. The predicted molar refractivity (Wildman–Crippen MR) is 113 cm³/mol. The number of rotatable bonds is 3. The van der Waals surface area contributed by atoms with Crippen molar-refractivity contribution in [3.63, 3.8) is 0 Å². The second-order valence-electron chi connectivity index (χ2n) is 7.45. The van der Waals surface area contributed by atoms with Gasteiger partial charge in [-0.15, -0.1) is 0 Å². The van der Waals surface area contributed by atoms with Crippen LogP contribution < -0.4 is 0 Å². The fourth-order valence-corrected chi connectivity index (χ4v) is 4.13. The van der Waals surface area contributed by atoms with Crippen molar-refractivity contribution >= 4 is 21.8 Å². The Morgan fingerprint density at radius 2 is 1.59 bits per heavy atom. The molecule has 0 bridgehead atoms. The van der Waals surface area contributed by atoms with Gasteiger partial charge in [-0.05, 0) is 54.1 Å². The molecule has 5 rings (SSSR count). The summed E-state index contributed by atoms with van der Waals surface area (Å²) < 4.78 is 0. The monoisotopic (exact) mass is 350 g/mol. The lowest BCUT2D eigenvalue weighted by Gasteiger charge is -2.17. The van der Waals surface area contributed by atoms with Crippen LogP contribution in [0, 0.1) is 13.8 Å². The normalized spacial score (nSPS) is 12.7. The minimum atomic E-state index is 0.161. The number of para-hydroxylation sites is 1. The smallest absolute Gasteiger partial charge is 0.0512 e. The Hall–Kier alpha value is -3.26. The van der Waals surface area contributed by atoms with E-state index in [1.54, 1.807) is 0 Å². The summed E-state index contributed by atoms with van der Waals surface area (Å²) in [7, 11) is 0. The largest absolute Gasteiger partial charge is 0.361 e. The lowest BCUT2D eigenvalue weighted by molar-refractivity contribution is 0.945. The van der Waals surface area contributed by atoms with Gasteiger partial charge in [0.25, 0.3) is 0 Å². The van der Waals surface area contributed by atoms with Crippen molar-refractivity contribution in [3.8, 4) is 0 Å². The van der Waals surface area contributed by atoms with Gasteiger partial charge >= 0.3 is 0 Å². The highest BCUT2D eigenvalue weighted by Gasteiger charge is 2.22. The highest BCUT2D eigenvalue weighted by molar-refractivity contribution is 5.86. The van der Waals surface area contributed by atoms with E-state index in [9.17, 15) is 0 Å². The lowest BCUT2D eigenvalue weighted by Crippen LogP contribution is -2.03. The average Bonchev–Trinajstić information content (AvgIpc) is 3.26. The van der Waals surface area contributed by atoms with Gasteiger partial charge in [0, 0.05) is 28.3 Å². The van der Waals surface area contributed by atoms with Crippen LogP contribution in [0.15, 0.2) is 79.0 Å². The van der Waals surface area contributed by atoms with E-state index in [2.05, 4.69) is 103 Å². The number of aromatic nitrogens is 2. The first-order valence-corrected chi connectivity index (χ1v) is 9.41. The molecule has 132 valence electrons. The molecule has 0 saturated carbocycles. The minimum Gasteiger partial charge on any atom is -0.361 e. The summed E-state index contributed by atoms with van der Waals surface area (Å²) >= 11 is 0. The van der Waals surface area contributed by atoms with Gasteiger partial charge in [-0.25, -0.2) is 0 Å². The molecule has 27 heavy (non-hydrogen) atoms. The van der Waals surface area contributed by atoms with E-state index < -0.39 is 0 Å². The van der Waals surface area contributed by atoms with Crippen LogP contribution in [-0.4, -0.2) is 9.97 Å². The van der Waals surface area contributed by atoms with Crippen LogP contribution in [-0.2, 0) is 0 Å². The number of hydrogen-bond donors (Lipinski definition) is 2. The van der Waals surface area contributed by atoms with Gasteiger partial charge in [0.15, 0.2) is 0 Å². The summed E-state index contributed by atoms with van der Waals surface area (Å²) in [6.07, 6.45) is 2.17. The predicted octanol–water partition coefficient (Wildman–Crippen LogP) is 6.45. The Bertz CT molecular complexity index is 1220. The van der Waals surface area contributed by atoms with Crippen LogP contribution in [0.3, 0.4) is 0 Å². The van der Waals surface area contributed by atoms with Gasteiger partial charge in [0.05, 0.1) is 5.92 Å². The second kappa shape index (κ2) is 6.17. The summed E-state index contributed by atoms with van der Waals surface area (Å²) in [5.74, 6) is 0.161. The van der Waals surface area contributed by atoms with Gasteiger partial charge in [0.2, 0.25) is 0 Å². The molecule has 0 aliphatic heterocycles. The van der Waals surface area contributed by atoms with E-state index in [-0.39, 0.29) is 5.92 Å². The fraction of sp³-hybridized carbons (Fsp3) is 0.120. The molecule has 2 nitrogen and oxygen atoms in total. The Labute approximate surface area is 158 Å². The van der Waals surface area contributed by atoms with E-state index in [1.165, 1.54) is 49.8 Å². The van der Waals surface area contributed by atoms with E-state index in [0.29, 0.717) is 0 Å². The number of aromatic amines is 2. The fourth-order valence-electron chi connectivity index (χ4n) is 4.13. The first kappa shape index (κ1) is 16.0. The van der Waals surface area contributed by atoms with Crippen LogP contribution in [0.4, 0.5) is 0 Å². The zero-order valence-electron chi connectivity index (χ0n) is 15.6. The molecule has 1 atom stereocenters. The van der Waals surface area contributed by atoms with Gasteiger partial charge < -0.3 is 9.97 Å². The molecule has 3 aromatic carbocycles. The molecule has 5 aromatic rings. The maximum absolute atomic E-state index is 3.66. The average molecular weight is 350 g/mol. The van der Waals surface area contributed by atoms with Gasteiger partial charge in [0.1, 0.15) is 0 Å². The third-order valence-corrected chi connectivity index (χ3v) is 5.42. The van der Waals surface area contributed by atoms with Crippen molar-refractivity contribution < 1.29 is 0 Å². The van der Waals surface area contributed by atoms with Crippen molar-refractivity contribution in [2.45, 2.75) is 19.8 Å². The van der Waals surface area contributed by atoms with Crippen LogP contribution in [0.25, 0.3) is 21.8 Å². The summed E-state index contributed by atoms with van der Waals surface area (Å²) in [6, 6.07) is 26.3. The van der Waals surface area contributed by atoms with Crippen LogP contribution >= 0.6 is 0 Å². The maximum atomic E-state index is 3.66. The molecule has 2 heterocycles. The van der Waals surface area contributed by atoms with Crippen molar-refractivity contribution in [1.29, 1.82) is 0 Å². The summed E-state index contributed by atoms with van der Waals surface area (Å²) in [5.41, 5.74) is 8.77. The molecule has 0 radical (unpaired) electrons. The van der Waals surface area contributed by atoms with Crippen LogP contribution in [0.1, 0.15) is 33.9 Å². The third kappa shape index (κ3) is 2.74. The first-order valence-electron chi connectivity index (χ1n) is 9.41. The molecule has 0 saturated heterocycles. The van der Waals surface area contributed by atoms with Crippen molar-refractivity contribution in [2.24, 2.45) is 0 Å². The first-order chi connectivity index (χ1) is 13.2. The SMILES string of the molecule is Cc1cccc(C(c2cc3ccccc3[nH]2)c2c[nH]c3cc(C)ccc23)c1. The van der Waals surface area contributed by atoms with E-state index in [4.69, 9.17) is 0 Å². The highest BCUT2D eigenvalue weighted by atomic mass is 14.7. The van der Waals surface area contributed by atoms with Crippen molar-refractivity contribution in [2.75, 3.05) is 0 Å². The number of hydrogen-bond acceptors (Lipinski definition) is 0. The number of nitrogens with one attached hydrogen (secondary N) is 2. The summed E-state index contributed by atoms with van der Waals surface area (Å²) in [6.45, 7) is 4.29. The van der Waals surface area contributed by atoms with Gasteiger partial charge in [-0.2, -0.15) is 0 Å². The molecule has 0 fully saturated rings. The Kier molecular flexibility index (Phi) is 3.64. The molecular weight excluding hydrogens is 328 g/mol. The van der Waals surface area contributed by atoms with Crippen LogP contribution in [0.5, 0.6) is 0 Å². The topological polar surface area (TPSA) is 31.6 Å². The standard InChI is InChI=1S/C25H22N2/c1-16-6-5-8-19(12-16)25(24-14-18-7-3-4-9-22(18)27-24)21-15-26-23-13-17(2)10-11-20(21)23/h3-15,25-27H,1-2H3. The van der Waals surface area contributed by atoms with Gasteiger partial charge in [-0.3, -0.25) is 0 Å². The van der Waals surface area contributed by atoms with E-state index in [1.807, 2.05) is 0 Å². The molecular formula is C25H22N2. The van der Waals surface area contributed by atoms with E-state index >= 15 is 0 Å². The molecule has 0 aliphatic carbocycles.